The molecule has 1 heterocycles. The number of nitrogens with one attached hydrogen (secondary N) is 2. The van der Waals surface area contributed by atoms with Crippen LogP contribution < -0.4 is 10.6 Å². The second-order valence-electron chi connectivity index (χ2n) is 7.51. The Balaban J connectivity index is 1.84. The van der Waals surface area contributed by atoms with Crippen molar-refractivity contribution in [1.29, 1.82) is 0 Å². The molecule has 2 amide bonds. The minimum absolute atomic E-state index is 0.0740. The van der Waals surface area contributed by atoms with Gasteiger partial charge in [0.1, 0.15) is 0 Å². The van der Waals surface area contributed by atoms with Gasteiger partial charge in [-0.25, -0.2) is 0 Å². The molecule has 1 atom stereocenters. The molecular weight excluding hydrogens is 320 g/mol. The van der Waals surface area contributed by atoms with Crippen molar-refractivity contribution in [2.75, 3.05) is 11.9 Å². The first-order valence-electron chi connectivity index (χ1n) is 9.21. The lowest BCUT2D eigenvalue weighted by Gasteiger charge is -2.22. The van der Waals surface area contributed by atoms with E-state index in [-0.39, 0.29) is 23.7 Å². The van der Waals surface area contributed by atoms with Crippen molar-refractivity contribution in [3.8, 4) is 0 Å². The van der Waals surface area contributed by atoms with E-state index in [2.05, 4.69) is 24.5 Å². The molecule has 2 N–H and O–H groups in total. The van der Waals surface area contributed by atoms with Crippen molar-refractivity contribution in [1.82, 2.24) is 5.32 Å². The van der Waals surface area contributed by atoms with Crippen LogP contribution in [0.25, 0.3) is 0 Å². The van der Waals surface area contributed by atoms with Crippen LogP contribution >= 0.6 is 11.3 Å². The molecule has 0 bridgehead atoms. The summed E-state index contributed by atoms with van der Waals surface area (Å²) in [5.41, 5.74) is 2.62. The van der Waals surface area contributed by atoms with E-state index in [0.29, 0.717) is 12.5 Å². The molecular formula is C19H28N2O2S. The highest BCUT2D eigenvalue weighted by molar-refractivity contribution is 7.16. The molecule has 1 saturated carbocycles. The van der Waals surface area contributed by atoms with Gasteiger partial charge < -0.3 is 10.6 Å². The molecule has 0 aromatic carbocycles. The Morgan fingerprint density at radius 2 is 1.92 bits per heavy atom. The van der Waals surface area contributed by atoms with E-state index in [9.17, 15) is 9.59 Å². The average Bonchev–Trinajstić information content (AvgIpc) is 3.33. The Morgan fingerprint density at radius 1 is 1.17 bits per heavy atom. The highest BCUT2D eigenvalue weighted by Gasteiger charge is 2.33. The first-order chi connectivity index (χ1) is 11.5. The van der Waals surface area contributed by atoms with E-state index in [1.807, 2.05) is 6.92 Å². The van der Waals surface area contributed by atoms with Crippen molar-refractivity contribution in [2.24, 2.45) is 17.8 Å². The zero-order valence-electron chi connectivity index (χ0n) is 14.9. The Labute approximate surface area is 148 Å². The lowest BCUT2D eigenvalue weighted by atomic mass is 9.84. The molecule has 5 heteroatoms. The van der Waals surface area contributed by atoms with Crippen LogP contribution in [-0.4, -0.2) is 18.4 Å². The van der Waals surface area contributed by atoms with Gasteiger partial charge in [-0.1, -0.05) is 13.8 Å². The third kappa shape index (κ3) is 3.82. The third-order valence-electron chi connectivity index (χ3n) is 4.89. The van der Waals surface area contributed by atoms with Crippen molar-refractivity contribution in [2.45, 2.75) is 59.3 Å². The Bertz CT molecular complexity index is 632. The number of hydrogen-bond acceptors (Lipinski definition) is 3. The number of anilines is 1. The minimum Gasteiger partial charge on any atom is -0.356 e. The Hall–Kier alpha value is -1.36. The van der Waals surface area contributed by atoms with Gasteiger partial charge in [0.25, 0.3) is 0 Å². The zero-order chi connectivity index (χ0) is 17.3. The van der Waals surface area contributed by atoms with Gasteiger partial charge in [0.2, 0.25) is 11.8 Å². The maximum absolute atomic E-state index is 12.2. The fourth-order valence-corrected chi connectivity index (χ4v) is 4.75. The van der Waals surface area contributed by atoms with Gasteiger partial charge in [-0.05, 0) is 62.5 Å². The summed E-state index contributed by atoms with van der Waals surface area (Å²) >= 11 is 1.74. The summed E-state index contributed by atoms with van der Waals surface area (Å²) in [4.78, 5) is 25.8. The smallest absolute Gasteiger partial charge is 0.228 e. The second-order valence-corrected chi connectivity index (χ2v) is 8.61. The molecule has 0 saturated heterocycles. The van der Waals surface area contributed by atoms with E-state index >= 15 is 0 Å². The molecule has 1 aromatic rings. The molecule has 24 heavy (non-hydrogen) atoms. The van der Waals surface area contributed by atoms with Crippen LogP contribution in [0.2, 0.25) is 0 Å². The number of aryl methyl sites for hydroxylation is 1. The van der Waals surface area contributed by atoms with Crippen molar-refractivity contribution >= 4 is 28.2 Å². The van der Waals surface area contributed by atoms with E-state index in [1.165, 1.54) is 16.0 Å². The summed E-state index contributed by atoms with van der Waals surface area (Å²) in [6.45, 7) is 7.07. The van der Waals surface area contributed by atoms with Gasteiger partial charge in [-0.3, -0.25) is 9.59 Å². The first kappa shape index (κ1) is 17.5. The highest BCUT2D eigenvalue weighted by Crippen LogP contribution is 2.42. The van der Waals surface area contributed by atoms with Crippen molar-refractivity contribution in [3.05, 3.63) is 16.0 Å². The van der Waals surface area contributed by atoms with Crippen molar-refractivity contribution in [3.63, 3.8) is 0 Å². The lowest BCUT2D eigenvalue weighted by Crippen LogP contribution is -2.33. The van der Waals surface area contributed by atoms with Gasteiger partial charge in [0, 0.05) is 23.3 Å². The van der Waals surface area contributed by atoms with Gasteiger partial charge in [-0.15, -0.1) is 11.3 Å². The lowest BCUT2D eigenvalue weighted by molar-refractivity contribution is -0.125. The molecule has 0 radical (unpaired) electrons. The van der Waals surface area contributed by atoms with Crippen LogP contribution in [0.1, 0.15) is 56.0 Å². The molecule has 132 valence electrons. The first-order valence-corrected chi connectivity index (χ1v) is 10.0. The molecule has 4 nitrogen and oxygen atoms in total. The molecule has 1 fully saturated rings. The Morgan fingerprint density at radius 3 is 2.54 bits per heavy atom. The summed E-state index contributed by atoms with van der Waals surface area (Å²) in [6, 6.07) is 0. The van der Waals surface area contributed by atoms with Crippen LogP contribution in [0, 0.1) is 17.8 Å². The molecule has 1 unspecified atom stereocenters. The minimum atomic E-state index is 0.0740. The maximum Gasteiger partial charge on any atom is 0.228 e. The number of carbonyl (C=O) groups excluding carboxylic acids is 2. The van der Waals surface area contributed by atoms with Gasteiger partial charge in [0.05, 0.1) is 5.00 Å². The average molecular weight is 349 g/mol. The van der Waals surface area contributed by atoms with Crippen LogP contribution in [0.4, 0.5) is 5.00 Å². The largest absolute Gasteiger partial charge is 0.356 e. The van der Waals surface area contributed by atoms with Gasteiger partial charge >= 0.3 is 0 Å². The monoisotopic (exact) mass is 348 g/mol. The molecule has 1 aromatic heterocycles. The number of fused-ring (bicyclic) bond motifs is 1. The van der Waals surface area contributed by atoms with Crippen LogP contribution in [-0.2, 0) is 28.9 Å². The number of hydrogen-bond donors (Lipinski definition) is 2. The van der Waals surface area contributed by atoms with Crippen LogP contribution in [0.3, 0.4) is 0 Å². The highest BCUT2D eigenvalue weighted by atomic mass is 32.1. The maximum atomic E-state index is 12.2. The molecule has 0 aliphatic heterocycles. The third-order valence-corrected chi connectivity index (χ3v) is 6.14. The summed E-state index contributed by atoms with van der Waals surface area (Å²) < 4.78 is 0. The van der Waals surface area contributed by atoms with Crippen LogP contribution in [0.5, 0.6) is 0 Å². The van der Waals surface area contributed by atoms with Gasteiger partial charge in [-0.2, -0.15) is 0 Å². The predicted molar refractivity (Wildman–Crippen MR) is 98.4 cm³/mol. The van der Waals surface area contributed by atoms with E-state index < -0.39 is 0 Å². The fourth-order valence-electron chi connectivity index (χ4n) is 3.47. The van der Waals surface area contributed by atoms with Gasteiger partial charge in [0.15, 0.2) is 0 Å². The zero-order valence-corrected chi connectivity index (χ0v) is 15.7. The summed E-state index contributed by atoms with van der Waals surface area (Å²) in [5, 5.41) is 7.19. The number of thiophene rings is 1. The second kappa shape index (κ2) is 7.26. The quantitative estimate of drug-likeness (QED) is 0.826. The summed E-state index contributed by atoms with van der Waals surface area (Å²) in [5.74, 6) is 1.18. The number of carbonyl (C=O) groups is 2. The van der Waals surface area contributed by atoms with E-state index in [4.69, 9.17) is 0 Å². The standard InChI is InChI=1S/C19H28N2O2S/c1-4-20-17(22)13-7-8-16-14(10-13)15(9-11(2)3)19(24-16)21-18(23)12-5-6-12/h11-13H,4-10H2,1-3H3,(H,20,22)(H,21,23). The summed E-state index contributed by atoms with van der Waals surface area (Å²) in [6.07, 6.45) is 5.70. The number of amides is 2. The molecule has 2 aliphatic rings. The Kier molecular flexibility index (Phi) is 5.28. The van der Waals surface area contributed by atoms with E-state index in [1.54, 1.807) is 11.3 Å². The molecule has 2 aliphatic carbocycles. The van der Waals surface area contributed by atoms with Crippen molar-refractivity contribution < 1.29 is 9.59 Å². The van der Waals surface area contributed by atoms with Crippen LogP contribution in [0.15, 0.2) is 0 Å². The van der Waals surface area contributed by atoms with E-state index in [0.717, 1.165) is 43.5 Å². The summed E-state index contributed by atoms with van der Waals surface area (Å²) in [7, 11) is 0. The molecule has 0 spiro atoms. The predicted octanol–water partition coefficient (Wildman–Crippen LogP) is 3.54. The molecule has 3 rings (SSSR count). The normalized spacial score (nSPS) is 19.9. The SMILES string of the molecule is CCNC(=O)C1CCc2sc(NC(=O)C3CC3)c(CC(C)C)c2C1. The topological polar surface area (TPSA) is 58.2 Å². The number of rotatable bonds is 6. The fraction of sp³-hybridized carbons (Fsp3) is 0.684.